The predicted molar refractivity (Wildman–Crippen MR) is 120 cm³/mol. The number of nitrogens with zero attached hydrogens (tertiary/aromatic N) is 3. The molecule has 2 aromatic heterocycles. The largest absolute Gasteiger partial charge is 0.341 e. The Morgan fingerprint density at radius 1 is 1.06 bits per heavy atom. The second-order valence-electron chi connectivity index (χ2n) is 7.16. The number of alkyl halides is 2. The van der Waals surface area contributed by atoms with Gasteiger partial charge in [-0.05, 0) is 19.1 Å². The summed E-state index contributed by atoms with van der Waals surface area (Å²) in [5, 5.41) is 6.91. The Labute approximate surface area is 192 Å². The van der Waals surface area contributed by atoms with Gasteiger partial charge in [-0.1, -0.05) is 42.5 Å². The first-order chi connectivity index (χ1) is 16.2. The second kappa shape index (κ2) is 8.98. The molecular weight excluding hydrogens is 468 g/mol. The Morgan fingerprint density at radius 2 is 1.74 bits per heavy atom. The van der Waals surface area contributed by atoms with Crippen LogP contribution in [-0.4, -0.2) is 39.8 Å². The predicted octanol–water partition coefficient (Wildman–Crippen LogP) is 3.18. The van der Waals surface area contributed by atoms with Crippen LogP contribution in [-0.2, 0) is 9.84 Å². The topological polar surface area (TPSA) is 127 Å². The summed E-state index contributed by atoms with van der Waals surface area (Å²) in [5.74, 6) is -4.63. The summed E-state index contributed by atoms with van der Waals surface area (Å²) in [7, 11) is -5.03. The number of sulfone groups is 1. The molecule has 9 nitrogen and oxygen atoms in total. The fourth-order valence-corrected chi connectivity index (χ4v) is 4.15. The molecule has 0 fully saturated rings. The molecule has 0 aliphatic rings. The molecule has 4 rings (SSSR count). The minimum atomic E-state index is -5.03. The monoisotopic (exact) mass is 485 g/mol. The number of rotatable bonds is 6. The van der Waals surface area contributed by atoms with Gasteiger partial charge in [0.1, 0.15) is 5.82 Å². The van der Waals surface area contributed by atoms with Crippen LogP contribution in [0.15, 0.2) is 76.4 Å². The maximum absolute atomic E-state index is 13.1. The highest BCUT2D eigenvalue weighted by molar-refractivity contribution is 7.91. The highest BCUT2D eigenvalue weighted by atomic mass is 32.2. The number of hydrogen-bond donors (Lipinski definition) is 2. The fourth-order valence-electron chi connectivity index (χ4n) is 3.23. The lowest BCUT2D eigenvalue weighted by atomic mass is 10.1. The summed E-state index contributed by atoms with van der Waals surface area (Å²) in [6.45, 7) is 1.60. The van der Waals surface area contributed by atoms with E-state index < -0.39 is 37.5 Å². The van der Waals surface area contributed by atoms with E-state index in [1.165, 1.54) is 28.9 Å². The number of aromatic amines is 1. The van der Waals surface area contributed by atoms with Crippen LogP contribution in [0.5, 0.6) is 0 Å². The van der Waals surface area contributed by atoms with Crippen molar-refractivity contribution in [1.82, 2.24) is 19.7 Å². The van der Waals surface area contributed by atoms with Crippen LogP contribution in [0.3, 0.4) is 0 Å². The molecule has 12 heteroatoms. The number of nitrogens with one attached hydrogen (secondary N) is 2. The van der Waals surface area contributed by atoms with E-state index in [0.717, 1.165) is 12.1 Å². The molecule has 0 atom stereocenters. The number of carbonyl (C=O) groups excluding carboxylic acids is 1. The number of H-pyrrole nitrogens is 1. The molecule has 0 unspecified atom stereocenters. The lowest BCUT2D eigenvalue weighted by molar-refractivity contribution is 0.102. The third-order valence-electron chi connectivity index (χ3n) is 4.75. The molecular formula is C22H17F2N5O4S. The Kier molecular flexibility index (Phi) is 6.07. The maximum atomic E-state index is 13.1. The number of amides is 1. The van der Waals surface area contributed by atoms with Crippen LogP contribution in [0.2, 0.25) is 0 Å². The van der Waals surface area contributed by atoms with Crippen LogP contribution in [0.25, 0.3) is 17.2 Å². The van der Waals surface area contributed by atoms with Crippen molar-refractivity contribution in [3.05, 3.63) is 88.3 Å². The molecule has 0 saturated carbocycles. The molecule has 4 aromatic rings. The fraction of sp³-hybridized carbons (Fsp3) is 0.0909. The van der Waals surface area contributed by atoms with Gasteiger partial charge in [0.2, 0.25) is 15.8 Å². The Balaban J connectivity index is 1.82. The summed E-state index contributed by atoms with van der Waals surface area (Å²) < 4.78 is 51.6. The van der Waals surface area contributed by atoms with Crippen molar-refractivity contribution in [3.63, 3.8) is 0 Å². The molecule has 0 spiro atoms. The zero-order valence-corrected chi connectivity index (χ0v) is 18.4. The first-order valence-corrected chi connectivity index (χ1v) is 11.4. The van der Waals surface area contributed by atoms with Crippen molar-refractivity contribution in [1.29, 1.82) is 0 Å². The van der Waals surface area contributed by atoms with Gasteiger partial charge < -0.3 is 5.32 Å². The van der Waals surface area contributed by atoms with E-state index in [2.05, 4.69) is 20.4 Å². The highest BCUT2D eigenvalue weighted by Crippen LogP contribution is 2.26. The van der Waals surface area contributed by atoms with Gasteiger partial charge in [0.25, 0.3) is 11.5 Å². The molecule has 0 bridgehead atoms. The minimum Gasteiger partial charge on any atom is -0.306 e. The first-order valence-electron chi connectivity index (χ1n) is 9.83. The van der Waals surface area contributed by atoms with Crippen molar-refractivity contribution in [2.45, 2.75) is 17.6 Å². The van der Waals surface area contributed by atoms with Gasteiger partial charge in [0.15, 0.2) is 0 Å². The van der Waals surface area contributed by atoms with Crippen molar-refractivity contribution < 1.29 is 22.0 Å². The van der Waals surface area contributed by atoms with E-state index in [0.29, 0.717) is 17.0 Å². The standard InChI is InChI=1S/C22H17F2N5O4S/c1-13-11-19(30)27-22(25-13)29-18(12-16(28-29)14-7-3-2-4-8-14)26-20(31)15-9-5-6-10-17(15)34(32,33)21(23)24/h2-12,21H,1H3,(H,26,31)(H,25,27,30). The Morgan fingerprint density at radius 3 is 2.41 bits per heavy atom. The zero-order chi connectivity index (χ0) is 24.5. The number of halogens is 2. The smallest absolute Gasteiger partial charge is 0.306 e. The molecule has 174 valence electrons. The van der Waals surface area contributed by atoms with Crippen molar-refractivity contribution in [2.24, 2.45) is 0 Å². The quantitative estimate of drug-likeness (QED) is 0.432. The van der Waals surface area contributed by atoms with Crippen LogP contribution in [0.4, 0.5) is 14.6 Å². The van der Waals surface area contributed by atoms with E-state index in [1.54, 1.807) is 31.2 Å². The van der Waals surface area contributed by atoms with Gasteiger partial charge in [0, 0.05) is 23.4 Å². The van der Waals surface area contributed by atoms with Crippen molar-refractivity contribution in [3.8, 4) is 17.2 Å². The summed E-state index contributed by atoms with van der Waals surface area (Å²) in [4.78, 5) is 30.9. The summed E-state index contributed by atoms with van der Waals surface area (Å²) in [6.07, 6.45) is 0. The number of aromatic nitrogens is 4. The third-order valence-corrected chi connectivity index (χ3v) is 6.19. The Bertz CT molecular complexity index is 1530. The van der Waals surface area contributed by atoms with E-state index in [4.69, 9.17) is 0 Å². The molecule has 2 aromatic carbocycles. The molecule has 34 heavy (non-hydrogen) atoms. The lowest BCUT2D eigenvalue weighted by Gasteiger charge is -2.11. The number of benzene rings is 2. The number of anilines is 1. The number of aryl methyl sites for hydroxylation is 1. The van der Waals surface area contributed by atoms with Gasteiger partial charge >= 0.3 is 5.76 Å². The van der Waals surface area contributed by atoms with Crippen molar-refractivity contribution >= 4 is 21.6 Å². The SMILES string of the molecule is Cc1cc(=O)[nH]c(-n2nc(-c3ccccc3)cc2NC(=O)c2ccccc2S(=O)(=O)C(F)F)n1. The molecule has 2 N–H and O–H groups in total. The van der Waals surface area contributed by atoms with E-state index in [9.17, 15) is 26.8 Å². The van der Waals surface area contributed by atoms with Gasteiger partial charge in [-0.15, -0.1) is 0 Å². The normalized spacial score (nSPS) is 11.5. The number of carbonyl (C=O) groups is 1. The molecule has 0 aliphatic heterocycles. The van der Waals surface area contributed by atoms with E-state index in [1.807, 2.05) is 6.07 Å². The Hall–Kier alpha value is -4.19. The average molecular weight is 485 g/mol. The van der Waals surface area contributed by atoms with Crippen LogP contribution in [0.1, 0.15) is 16.1 Å². The van der Waals surface area contributed by atoms with Gasteiger partial charge in [0.05, 0.1) is 16.2 Å². The highest BCUT2D eigenvalue weighted by Gasteiger charge is 2.31. The first kappa shape index (κ1) is 23.0. The summed E-state index contributed by atoms with van der Waals surface area (Å²) in [6, 6.07) is 16.3. The van der Waals surface area contributed by atoms with Crippen molar-refractivity contribution in [2.75, 3.05) is 5.32 Å². The zero-order valence-electron chi connectivity index (χ0n) is 17.6. The number of hydrogen-bond acceptors (Lipinski definition) is 6. The van der Waals surface area contributed by atoms with E-state index >= 15 is 0 Å². The molecule has 2 heterocycles. The molecule has 0 radical (unpaired) electrons. The van der Waals surface area contributed by atoms with Crippen LogP contribution >= 0.6 is 0 Å². The lowest BCUT2D eigenvalue weighted by Crippen LogP contribution is -2.22. The summed E-state index contributed by atoms with van der Waals surface area (Å²) in [5.41, 5.74) is 0.564. The molecule has 1 amide bonds. The molecule has 0 aliphatic carbocycles. The van der Waals surface area contributed by atoms with Crippen LogP contribution in [0, 0.1) is 6.92 Å². The van der Waals surface area contributed by atoms with Gasteiger partial charge in [-0.3, -0.25) is 14.6 Å². The summed E-state index contributed by atoms with van der Waals surface area (Å²) >= 11 is 0. The second-order valence-corrected chi connectivity index (χ2v) is 9.05. The van der Waals surface area contributed by atoms with Gasteiger partial charge in [-0.25, -0.2) is 13.4 Å². The van der Waals surface area contributed by atoms with Crippen LogP contribution < -0.4 is 10.9 Å². The molecule has 0 saturated heterocycles. The van der Waals surface area contributed by atoms with E-state index in [-0.39, 0.29) is 11.8 Å². The maximum Gasteiger partial charge on any atom is 0.341 e. The van der Waals surface area contributed by atoms with Gasteiger partial charge in [-0.2, -0.15) is 18.6 Å². The minimum absolute atomic E-state index is 0.00373. The average Bonchev–Trinajstić information content (AvgIpc) is 3.22. The third kappa shape index (κ3) is 4.48.